The monoisotopic (exact) mass is 418 g/mol. The zero-order chi connectivity index (χ0) is 21.8. The summed E-state index contributed by atoms with van der Waals surface area (Å²) in [6.45, 7) is 10.3. The summed E-state index contributed by atoms with van der Waals surface area (Å²) in [5, 5.41) is 6.74. The number of carbonyl (C=O) groups excluding carboxylic acids is 1. The van der Waals surface area contributed by atoms with Crippen LogP contribution >= 0.6 is 0 Å². The molecule has 1 aliphatic rings. The summed E-state index contributed by atoms with van der Waals surface area (Å²) in [4.78, 5) is 18.4. The van der Waals surface area contributed by atoms with Crippen molar-refractivity contribution >= 4 is 11.9 Å². The van der Waals surface area contributed by atoms with Gasteiger partial charge in [0, 0.05) is 51.3 Å². The second-order valence-electron chi connectivity index (χ2n) is 7.55. The van der Waals surface area contributed by atoms with Gasteiger partial charge in [0.05, 0.1) is 6.61 Å². The van der Waals surface area contributed by atoms with Crippen molar-refractivity contribution in [2.75, 3.05) is 40.0 Å². The van der Waals surface area contributed by atoms with Crippen molar-refractivity contribution in [2.45, 2.75) is 59.0 Å². The Labute approximate surface area is 181 Å². The van der Waals surface area contributed by atoms with Gasteiger partial charge in [0.2, 0.25) is 5.91 Å². The van der Waals surface area contributed by atoms with Crippen LogP contribution in [0.3, 0.4) is 0 Å². The van der Waals surface area contributed by atoms with Crippen LogP contribution in [0.4, 0.5) is 0 Å². The summed E-state index contributed by atoms with van der Waals surface area (Å²) in [5.41, 5.74) is 2.24. The standard InChI is InChI=1S/C23H38N4O3/c1-5-20(27-13-7-8-22(27)28)11-12-25-23(24-4)26-17-19-10-9-18(3)16-21(19)30-15-14-29-6-2/h9-10,16,20H,5-8,11-15,17H2,1-4H3,(H2,24,25,26). The van der Waals surface area contributed by atoms with Crippen molar-refractivity contribution in [3.05, 3.63) is 29.3 Å². The molecule has 2 rings (SSSR count). The fourth-order valence-electron chi connectivity index (χ4n) is 3.69. The van der Waals surface area contributed by atoms with Crippen LogP contribution in [-0.4, -0.2) is 62.8 Å². The second-order valence-corrected chi connectivity index (χ2v) is 7.55. The van der Waals surface area contributed by atoms with Crippen molar-refractivity contribution in [1.29, 1.82) is 0 Å². The van der Waals surface area contributed by atoms with Crippen molar-refractivity contribution in [1.82, 2.24) is 15.5 Å². The first-order chi connectivity index (χ1) is 14.6. The maximum atomic E-state index is 12.0. The molecule has 7 nitrogen and oxygen atoms in total. The number of ether oxygens (including phenoxy) is 2. The summed E-state index contributed by atoms with van der Waals surface area (Å²) in [7, 11) is 1.77. The number of hydrogen-bond donors (Lipinski definition) is 2. The van der Waals surface area contributed by atoms with Crippen LogP contribution in [0.15, 0.2) is 23.2 Å². The Morgan fingerprint density at radius 3 is 2.77 bits per heavy atom. The normalized spacial score (nSPS) is 15.4. The highest BCUT2D eigenvalue weighted by molar-refractivity contribution is 5.80. The Kier molecular flexibility index (Phi) is 10.5. The molecule has 1 atom stereocenters. The van der Waals surface area contributed by atoms with Gasteiger partial charge in [-0.15, -0.1) is 0 Å². The smallest absolute Gasteiger partial charge is 0.222 e. The number of amides is 1. The summed E-state index contributed by atoms with van der Waals surface area (Å²) in [5.74, 6) is 1.91. The first-order valence-electron chi connectivity index (χ1n) is 11.1. The number of benzene rings is 1. The van der Waals surface area contributed by atoms with Gasteiger partial charge in [-0.3, -0.25) is 9.79 Å². The van der Waals surface area contributed by atoms with Gasteiger partial charge in [0.1, 0.15) is 12.4 Å². The molecule has 0 spiro atoms. The fraction of sp³-hybridized carbons (Fsp3) is 0.652. The lowest BCUT2D eigenvalue weighted by Crippen LogP contribution is -2.41. The van der Waals surface area contributed by atoms with Crippen LogP contribution in [0, 0.1) is 6.92 Å². The zero-order valence-electron chi connectivity index (χ0n) is 19.0. The number of rotatable bonds is 12. The minimum atomic E-state index is 0.292. The van der Waals surface area contributed by atoms with E-state index < -0.39 is 0 Å². The first kappa shape index (κ1) is 24.0. The van der Waals surface area contributed by atoms with E-state index in [0.29, 0.717) is 44.7 Å². The van der Waals surface area contributed by atoms with E-state index >= 15 is 0 Å². The number of guanidine groups is 1. The van der Waals surface area contributed by atoms with E-state index in [1.165, 1.54) is 0 Å². The molecular formula is C23H38N4O3. The summed E-state index contributed by atoms with van der Waals surface area (Å²) < 4.78 is 11.3. The quantitative estimate of drug-likeness (QED) is 0.310. The SMILES string of the molecule is CCOCCOc1cc(C)ccc1CNC(=NC)NCCC(CC)N1CCCC1=O. The molecule has 1 heterocycles. The first-order valence-corrected chi connectivity index (χ1v) is 11.1. The third kappa shape index (κ3) is 7.52. The predicted octanol–water partition coefficient (Wildman–Crippen LogP) is 2.87. The molecule has 1 aliphatic heterocycles. The molecular weight excluding hydrogens is 380 g/mol. The molecule has 1 fully saturated rings. The average Bonchev–Trinajstić information content (AvgIpc) is 3.17. The van der Waals surface area contributed by atoms with Gasteiger partial charge in [-0.05, 0) is 44.7 Å². The zero-order valence-corrected chi connectivity index (χ0v) is 19.0. The fourth-order valence-corrected chi connectivity index (χ4v) is 3.69. The number of aliphatic imine (C=N–C) groups is 1. The third-order valence-corrected chi connectivity index (χ3v) is 5.37. The molecule has 1 aromatic carbocycles. The molecule has 7 heteroatoms. The Balaban J connectivity index is 1.82. The Morgan fingerprint density at radius 1 is 1.27 bits per heavy atom. The number of nitrogens with one attached hydrogen (secondary N) is 2. The van der Waals surface area contributed by atoms with Crippen molar-refractivity contribution in [2.24, 2.45) is 4.99 Å². The van der Waals surface area contributed by atoms with Crippen LogP contribution < -0.4 is 15.4 Å². The summed E-state index contributed by atoms with van der Waals surface area (Å²) in [6.07, 6.45) is 3.57. The molecule has 1 amide bonds. The highest BCUT2D eigenvalue weighted by Gasteiger charge is 2.26. The van der Waals surface area contributed by atoms with E-state index in [2.05, 4.69) is 47.7 Å². The maximum Gasteiger partial charge on any atom is 0.222 e. The highest BCUT2D eigenvalue weighted by Crippen LogP contribution is 2.20. The lowest BCUT2D eigenvalue weighted by atomic mass is 10.1. The number of likely N-dealkylation sites (tertiary alicyclic amines) is 1. The van der Waals surface area contributed by atoms with E-state index in [1.54, 1.807) is 7.05 Å². The molecule has 0 saturated carbocycles. The third-order valence-electron chi connectivity index (χ3n) is 5.37. The topological polar surface area (TPSA) is 75.2 Å². The van der Waals surface area contributed by atoms with E-state index in [9.17, 15) is 4.79 Å². The van der Waals surface area contributed by atoms with Gasteiger partial charge < -0.3 is 25.0 Å². The lowest BCUT2D eigenvalue weighted by molar-refractivity contribution is -0.129. The Morgan fingerprint density at radius 2 is 2.10 bits per heavy atom. The molecule has 0 aromatic heterocycles. The number of carbonyl (C=O) groups is 1. The van der Waals surface area contributed by atoms with Gasteiger partial charge >= 0.3 is 0 Å². The van der Waals surface area contributed by atoms with Crippen LogP contribution in [0.2, 0.25) is 0 Å². The Bertz CT molecular complexity index is 693. The van der Waals surface area contributed by atoms with Gasteiger partial charge in [-0.2, -0.15) is 0 Å². The molecule has 0 radical (unpaired) electrons. The predicted molar refractivity (Wildman–Crippen MR) is 121 cm³/mol. The largest absolute Gasteiger partial charge is 0.491 e. The molecule has 168 valence electrons. The summed E-state index contributed by atoms with van der Waals surface area (Å²) in [6, 6.07) is 6.52. The minimum absolute atomic E-state index is 0.292. The van der Waals surface area contributed by atoms with E-state index in [-0.39, 0.29) is 0 Å². The molecule has 1 unspecified atom stereocenters. The van der Waals surface area contributed by atoms with Crippen LogP contribution in [0.5, 0.6) is 5.75 Å². The van der Waals surface area contributed by atoms with E-state index in [1.807, 2.05) is 11.8 Å². The van der Waals surface area contributed by atoms with Crippen molar-refractivity contribution in [3.8, 4) is 5.75 Å². The summed E-state index contributed by atoms with van der Waals surface area (Å²) >= 11 is 0. The van der Waals surface area contributed by atoms with Gasteiger partial charge in [-0.25, -0.2) is 0 Å². The van der Waals surface area contributed by atoms with Crippen molar-refractivity contribution in [3.63, 3.8) is 0 Å². The average molecular weight is 419 g/mol. The van der Waals surface area contributed by atoms with Crippen LogP contribution in [-0.2, 0) is 16.1 Å². The molecule has 30 heavy (non-hydrogen) atoms. The number of nitrogens with zero attached hydrogens (tertiary/aromatic N) is 2. The molecule has 2 N–H and O–H groups in total. The highest BCUT2D eigenvalue weighted by atomic mass is 16.5. The van der Waals surface area contributed by atoms with Gasteiger partial charge in [0.25, 0.3) is 0 Å². The van der Waals surface area contributed by atoms with E-state index in [4.69, 9.17) is 9.47 Å². The molecule has 0 bridgehead atoms. The molecule has 1 saturated heterocycles. The van der Waals surface area contributed by atoms with Crippen LogP contribution in [0.1, 0.15) is 50.7 Å². The van der Waals surface area contributed by atoms with Gasteiger partial charge in [-0.1, -0.05) is 19.1 Å². The van der Waals surface area contributed by atoms with Crippen LogP contribution in [0.25, 0.3) is 0 Å². The lowest BCUT2D eigenvalue weighted by Gasteiger charge is -2.27. The maximum absolute atomic E-state index is 12.0. The molecule has 0 aliphatic carbocycles. The second kappa shape index (κ2) is 13.1. The van der Waals surface area contributed by atoms with E-state index in [0.717, 1.165) is 55.2 Å². The Hall–Kier alpha value is -2.28. The number of hydrogen-bond acceptors (Lipinski definition) is 4. The number of aryl methyl sites for hydroxylation is 1. The minimum Gasteiger partial charge on any atom is -0.491 e. The van der Waals surface area contributed by atoms with Gasteiger partial charge in [0.15, 0.2) is 5.96 Å². The van der Waals surface area contributed by atoms with Crippen molar-refractivity contribution < 1.29 is 14.3 Å². The molecule has 1 aromatic rings.